The van der Waals surface area contributed by atoms with Gasteiger partial charge in [0.25, 0.3) is 10.2 Å². The molecule has 4 N–H and O–H groups in total. The van der Waals surface area contributed by atoms with Crippen molar-refractivity contribution in [3.05, 3.63) is 35.4 Å². The van der Waals surface area contributed by atoms with Crippen LogP contribution in [0.1, 0.15) is 11.1 Å². The summed E-state index contributed by atoms with van der Waals surface area (Å²) >= 11 is 4.83. The minimum Gasteiger partial charge on any atom is -0.389 e. The van der Waals surface area contributed by atoms with Gasteiger partial charge in [0.1, 0.15) is 4.99 Å². The molecule has 0 atom stereocenters. The van der Waals surface area contributed by atoms with Gasteiger partial charge in [-0.15, -0.1) is 0 Å². The van der Waals surface area contributed by atoms with Crippen LogP contribution >= 0.6 is 12.2 Å². The summed E-state index contributed by atoms with van der Waals surface area (Å²) < 4.78 is 32.6. The number of hydrogen-bond acceptors (Lipinski definition) is 4. The molecule has 0 unspecified atom stereocenters. The van der Waals surface area contributed by atoms with E-state index in [0.29, 0.717) is 11.6 Å². The van der Waals surface area contributed by atoms with Crippen LogP contribution in [0.3, 0.4) is 0 Å². The SMILES string of the molecule is COCCNS(=O)(=O)NCc1ccc(C(N)=S)cc1. The summed E-state index contributed by atoms with van der Waals surface area (Å²) in [6.07, 6.45) is 0. The number of nitrogens with one attached hydrogen (secondary N) is 2. The predicted octanol–water partition coefficient (Wildman–Crippen LogP) is -0.109. The largest absolute Gasteiger partial charge is 0.389 e. The fraction of sp³-hybridized carbons (Fsp3) is 0.364. The van der Waals surface area contributed by atoms with Gasteiger partial charge in [-0.3, -0.25) is 0 Å². The lowest BCUT2D eigenvalue weighted by atomic mass is 10.1. The van der Waals surface area contributed by atoms with Crippen molar-refractivity contribution in [1.82, 2.24) is 9.44 Å². The molecule has 19 heavy (non-hydrogen) atoms. The number of rotatable bonds is 8. The van der Waals surface area contributed by atoms with E-state index >= 15 is 0 Å². The molecule has 106 valence electrons. The van der Waals surface area contributed by atoms with E-state index in [1.807, 2.05) is 0 Å². The molecule has 0 spiro atoms. The fourth-order valence-corrected chi connectivity index (χ4v) is 2.24. The summed E-state index contributed by atoms with van der Waals surface area (Å²) in [5.74, 6) is 0. The molecule has 0 bridgehead atoms. The Bertz CT molecular complexity index is 514. The Hall–Kier alpha value is -1.06. The lowest BCUT2D eigenvalue weighted by Gasteiger charge is -2.08. The van der Waals surface area contributed by atoms with E-state index < -0.39 is 10.2 Å². The number of thiocarbonyl (C=S) groups is 1. The molecular weight excluding hydrogens is 286 g/mol. The van der Waals surface area contributed by atoms with Crippen LogP contribution in [0, 0.1) is 0 Å². The molecule has 0 saturated carbocycles. The highest BCUT2D eigenvalue weighted by atomic mass is 32.2. The van der Waals surface area contributed by atoms with Gasteiger partial charge in [-0.2, -0.15) is 17.9 Å². The topological polar surface area (TPSA) is 93.4 Å². The highest BCUT2D eigenvalue weighted by Gasteiger charge is 2.08. The van der Waals surface area contributed by atoms with Gasteiger partial charge in [-0.05, 0) is 5.56 Å². The molecule has 0 amide bonds. The van der Waals surface area contributed by atoms with Crippen LogP contribution < -0.4 is 15.2 Å². The summed E-state index contributed by atoms with van der Waals surface area (Å²) in [6, 6.07) is 7.05. The van der Waals surface area contributed by atoms with E-state index in [4.69, 9.17) is 22.7 Å². The van der Waals surface area contributed by atoms with E-state index in [1.54, 1.807) is 24.3 Å². The van der Waals surface area contributed by atoms with Crippen LogP contribution in [0.25, 0.3) is 0 Å². The van der Waals surface area contributed by atoms with Gasteiger partial charge in [-0.25, -0.2) is 0 Å². The van der Waals surface area contributed by atoms with Gasteiger partial charge in [0.05, 0.1) is 6.61 Å². The summed E-state index contributed by atoms with van der Waals surface area (Å²) in [5, 5.41) is 0. The first-order chi connectivity index (χ1) is 8.94. The van der Waals surface area contributed by atoms with E-state index in [9.17, 15) is 8.42 Å². The first kappa shape index (κ1) is 16.0. The van der Waals surface area contributed by atoms with Crippen LogP contribution in [-0.2, 0) is 21.5 Å². The number of nitrogens with two attached hydrogens (primary N) is 1. The van der Waals surface area contributed by atoms with E-state index in [0.717, 1.165) is 11.1 Å². The summed E-state index contributed by atoms with van der Waals surface area (Å²) in [6.45, 7) is 0.746. The van der Waals surface area contributed by atoms with Crippen molar-refractivity contribution in [2.45, 2.75) is 6.54 Å². The molecule has 1 rings (SSSR count). The van der Waals surface area contributed by atoms with Gasteiger partial charge >= 0.3 is 0 Å². The van der Waals surface area contributed by atoms with Crippen molar-refractivity contribution < 1.29 is 13.2 Å². The molecule has 6 nitrogen and oxygen atoms in total. The Kier molecular flexibility index (Phi) is 6.32. The molecule has 0 aliphatic rings. The minimum atomic E-state index is -3.51. The maximum absolute atomic E-state index is 11.5. The van der Waals surface area contributed by atoms with E-state index in [-0.39, 0.29) is 13.1 Å². The Morgan fingerprint density at radius 3 is 2.47 bits per heavy atom. The second kappa shape index (κ2) is 7.51. The third kappa shape index (κ3) is 6.08. The van der Waals surface area contributed by atoms with Crippen molar-refractivity contribution in [1.29, 1.82) is 0 Å². The summed E-state index contributed by atoms with van der Waals surface area (Å²) in [5.41, 5.74) is 7.04. The first-order valence-electron chi connectivity index (χ1n) is 5.56. The van der Waals surface area contributed by atoms with Crippen LogP contribution in [0.15, 0.2) is 24.3 Å². The average Bonchev–Trinajstić information content (AvgIpc) is 2.37. The standard InChI is InChI=1S/C11H17N3O3S2/c1-17-7-6-13-19(15,16)14-8-9-2-4-10(5-3-9)11(12)18/h2-5,13-14H,6-8H2,1H3,(H2,12,18). The van der Waals surface area contributed by atoms with Gasteiger partial charge in [0, 0.05) is 25.8 Å². The van der Waals surface area contributed by atoms with Crippen molar-refractivity contribution in [2.24, 2.45) is 5.73 Å². The Morgan fingerprint density at radius 2 is 1.95 bits per heavy atom. The molecule has 0 aliphatic heterocycles. The van der Waals surface area contributed by atoms with Crippen LogP contribution in [0.4, 0.5) is 0 Å². The van der Waals surface area contributed by atoms with Gasteiger partial charge in [0.15, 0.2) is 0 Å². The Morgan fingerprint density at radius 1 is 1.32 bits per heavy atom. The van der Waals surface area contributed by atoms with Crippen LogP contribution in [0.5, 0.6) is 0 Å². The normalized spacial score (nSPS) is 11.4. The third-order valence-corrected chi connectivity index (χ3v) is 3.65. The average molecular weight is 303 g/mol. The van der Waals surface area contributed by atoms with Gasteiger partial charge in [-0.1, -0.05) is 36.5 Å². The molecule has 0 aliphatic carbocycles. The Labute approximate surface area is 118 Å². The smallest absolute Gasteiger partial charge is 0.277 e. The molecule has 1 aromatic carbocycles. The second-order valence-corrected chi connectivity index (χ2v) is 5.80. The van der Waals surface area contributed by atoms with Gasteiger partial charge in [0.2, 0.25) is 0 Å². The number of methoxy groups -OCH3 is 1. The zero-order valence-electron chi connectivity index (χ0n) is 10.5. The molecule has 8 heteroatoms. The highest BCUT2D eigenvalue weighted by Crippen LogP contribution is 2.04. The molecule has 1 aromatic rings. The fourth-order valence-electron chi connectivity index (χ4n) is 1.29. The van der Waals surface area contributed by atoms with Crippen LogP contribution in [0.2, 0.25) is 0 Å². The van der Waals surface area contributed by atoms with Crippen LogP contribution in [-0.4, -0.2) is 33.7 Å². The number of benzene rings is 1. The third-order valence-electron chi connectivity index (χ3n) is 2.30. The molecule has 0 radical (unpaired) electrons. The van der Waals surface area contributed by atoms with Crippen molar-refractivity contribution in [2.75, 3.05) is 20.3 Å². The molecule has 0 heterocycles. The lowest BCUT2D eigenvalue weighted by molar-refractivity contribution is 0.204. The summed E-state index contributed by atoms with van der Waals surface area (Å²) in [7, 11) is -2.00. The lowest BCUT2D eigenvalue weighted by Crippen LogP contribution is -2.37. The second-order valence-electron chi connectivity index (χ2n) is 3.77. The zero-order chi connectivity index (χ0) is 14.3. The van der Waals surface area contributed by atoms with E-state index in [2.05, 4.69) is 9.44 Å². The Balaban J connectivity index is 2.49. The van der Waals surface area contributed by atoms with Gasteiger partial charge < -0.3 is 10.5 Å². The maximum atomic E-state index is 11.5. The van der Waals surface area contributed by atoms with Crippen molar-refractivity contribution in [3.63, 3.8) is 0 Å². The number of hydrogen-bond donors (Lipinski definition) is 3. The van der Waals surface area contributed by atoms with E-state index in [1.165, 1.54) is 7.11 Å². The minimum absolute atomic E-state index is 0.194. The number of ether oxygens (including phenoxy) is 1. The maximum Gasteiger partial charge on any atom is 0.277 e. The quantitative estimate of drug-likeness (QED) is 0.460. The first-order valence-corrected chi connectivity index (χ1v) is 7.45. The molecule has 0 fully saturated rings. The monoisotopic (exact) mass is 303 g/mol. The zero-order valence-corrected chi connectivity index (χ0v) is 12.2. The summed E-state index contributed by atoms with van der Waals surface area (Å²) in [4.78, 5) is 0.313. The predicted molar refractivity (Wildman–Crippen MR) is 78.0 cm³/mol. The highest BCUT2D eigenvalue weighted by molar-refractivity contribution is 7.87. The van der Waals surface area contributed by atoms with Crippen molar-refractivity contribution >= 4 is 27.4 Å². The molecule has 0 saturated heterocycles. The molecular formula is C11H17N3O3S2. The van der Waals surface area contributed by atoms with Crippen molar-refractivity contribution in [3.8, 4) is 0 Å². The molecule has 0 aromatic heterocycles.